The molecule has 0 bridgehead atoms. The van der Waals surface area contributed by atoms with Crippen molar-refractivity contribution >= 4 is 15.8 Å². The summed E-state index contributed by atoms with van der Waals surface area (Å²) in [5, 5.41) is 10.4. The van der Waals surface area contributed by atoms with Crippen LogP contribution in [0.15, 0.2) is 35.6 Å². The molecule has 2 rings (SSSR count). The molecule has 0 aliphatic carbocycles. The first-order valence-electron chi connectivity index (χ1n) is 6.15. The zero-order valence-corrected chi connectivity index (χ0v) is 11.8. The van der Waals surface area contributed by atoms with E-state index in [1.54, 1.807) is 17.1 Å². The molecule has 2 heterocycles. The Hall–Kier alpha value is -2.00. The topological polar surface area (TPSA) is 102 Å². The van der Waals surface area contributed by atoms with E-state index in [4.69, 9.17) is 0 Å². The first-order chi connectivity index (χ1) is 9.62. The van der Waals surface area contributed by atoms with E-state index in [-0.39, 0.29) is 11.4 Å². The monoisotopic (exact) mass is 296 g/mol. The van der Waals surface area contributed by atoms with Crippen LogP contribution in [-0.4, -0.2) is 41.5 Å². The Morgan fingerprint density at radius 2 is 2.20 bits per heavy atom. The molecule has 0 saturated heterocycles. The quantitative estimate of drug-likeness (QED) is 0.750. The van der Waals surface area contributed by atoms with Crippen LogP contribution in [0.3, 0.4) is 0 Å². The Morgan fingerprint density at radius 3 is 2.90 bits per heavy atom. The van der Waals surface area contributed by atoms with Crippen LogP contribution in [0.5, 0.6) is 0 Å². The minimum Gasteiger partial charge on any atom is -0.370 e. The van der Waals surface area contributed by atoms with Crippen molar-refractivity contribution in [3.05, 3.63) is 30.7 Å². The summed E-state index contributed by atoms with van der Waals surface area (Å²) in [6.45, 7) is 3.25. The molecule has 8 nitrogen and oxygen atoms in total. The van der Waals surface area contributed by atoms with Gasteiger partial charge in [0.2, 0.25) is 10.0 Å². The van der Waals surface area contributed by atoms with Gasteiger partial charge in [-0.3, -0.25) is 4.68 Å². The lowest BCUT2D eigenvalue weighted by atomic mass is 10.4. The lowest BCUT2D eigenvalue weighted by Gasteiger charge is -2.08. The maximum absolute atomic E-state index is 12.1. The molecule has 0 amide bonds. The van der Waals surface area contributed by atoms with E-state index in [9.17, 15) is 8.42 Å². The van der Waals surface area contributed by atoms with Gasteiger partial charge in [-0.2, -0.15) is 0 Å². The fraction of sp³-hybridized carbons (Fsp3) is 0.364. The van der Waals surface area contributed by atoms with Crippen LogP contribution in [-0.2, 0) is 16.6 Å². The van der Waals surface area contributed by atoms with Crippen molar-refractivity contribution < 1.29 is 8.42 Å². The Morgan fingerprint density at radius 1 is 1.35 bits per heavy atom. The number of hydrogen-bond donors (Lipinski definition) is 2. The predicted molar refractivity (Wildman–Crippen MR) is 73.6 cm³/mol. The molecule has 0 aliphatic rings. The number of nitrogens with zero attached hydrogens (tertiary/aromatic N) is 4. The van der Waals surface area contributed by atoms with Crippen molar-refractivity contribution in [1.29, 1.82) is 0 Å². The summed E-state index contributed by atoms with van der Waals surface area (Å²) in [7, 11) is -3.55. The zero-order valence-electron chi connectivity index (χ0n) is 11.0. The molecule has 0 radical (unpaired) electrons. The molecule has 20 heavy (non-hydrogen) atoms. The second-order valence-electron chi connectivity index (χ2n) is 3.97. The summed E-state index contributed by atoms with van der Waals surface area (Å²) in [5.74, 6) is 0.534. The van der Waals surface area contributed by atoms with Crippen LogP contribution < -0.4 is 10.0 Å². The fourth-order valence-corrected chi connectivity index (χ4v) is 2.62. The molecule has 0 atom stereocenters. The Kier molecular flexibility index (Phi) is 4.64. The molecule has 0 fully saturated rings. The lowest BCUT2D eigenvalue weighted by Crippen LogP contribution is -2.27. The van der Waals surface area contributed by atoms with Crippen molar-refractivity contribution in [2.24, 2.45) is 0 Å². The molecule has 0 spiro atoms. The molecule has 9 heteroatoms. The van der Waals surface area contributed by atoms with Crippen LogP contribution >= 0.6 is 0 Å². The van der Waals surface area contributed by atoms with Gasteiger partial charge in [0, 0.05) is 31.5 Å². The summed E-state index contributed by atoms with van der Waals surface area (Å²) >= 11 is 0. The van der Waals surface area contributed by atoms with Crippen LogP contribution in [0.4, 0.5) is 5.82 Å². The van der Waals surface area contributed by atoms with E-state index in [2.05, 4.69) is 25.3 Å². The smallest absolute Gasteiger partial charge is 0.240 e. The van der Waals surface area contributed by atoms with Crippen LogP contribution in [0.2, 0.25) is 0 Å². The highest BCUT2D eigenvalue weighted by Gasteiger charge is 2.14. The van der Waals surface area contributed by atoms with Gasteiger partial charge >= 0.3 is 0 Å². The van der Waals surface area contributed by atoms with Crippen LogP contribution in [0.25, 0.3) is 0 Å². The molecular formula is C11H16N6O2S. The first-order valence-corrected chi connectivity index (χ1v) is 7.64. The maximum Gasteiger partial charge on any atom is 0.240 e. The molecule has 0 aromatic carbocycles. The van der Waals surface area contributed by atoms with E-state index in [1.165, 1.54) is 18.3 Å². The summed E-state index contributed by atoms with van der Waals surface area (Å²) < 4.78 is 28.3. The van der Waals surface area contributed by atoms with Crippen LogP contribution in [0.1, 0.15) is 6.92 Å². The molecular weight excluding hydrogens is 280 g/mol. The number of pyridine rings is 1. The van der Waals surface area contributed by atoms with Gasteiger partial charge in [0.25, 0.3) is 0 Å². The third-order valence-electron chi connectivity index (χ3n) is 2.50. The van der Waals surface area contributed by atoms with Gasteiger partial charge < -0.3 is 5.32 Å². The van der Waals surface area contributed by atoms with Crippen molar-refractivity contribution in [3.8, 4) is 0 Å². The number of rotatable bonds is 7. The van der Waals surface area contributed by atoms with Gasteiger partial charge in [-0.25, -0.2) is 18.1 Å². The number of sulfonamides is 1. The van der Waals surface area contributed by atoms with Gasteiger partial charge in [-0.15, -0.1) is 5.10 Å². The van der Waals surface area contributed by atoms with E-state index in [0.29, 0.717) is 18.9 Å². The van der Waals surface area contributed by atoms with E-state index < -0.39 is 10.0 Å². The molecule has 2 N–H and O–H groups in total. The van der Waals surface area contributed by atoms with Gasteiger partial charge in [0.05, 0.1) is 17.6 Å². The van der Waals surface area contributed by atoms with E-state index in [1.807, 2.05) is 6.92 Å². The third-order valence-corrected chi connectivity index (χ3v) is 3.96. The minimum absolute atomic E-state index is 0.182. The van der Waals surface area contributed by atoms with E-state index in [0.717, 1.165) is 0 Å². The SMILES string of the molecule is CCNc1cc(S(=O)(=O)NCCn2ccnn2)ccn1. The number of hydrogen-bond acceptors (Lipinski definition) is 6. The molecule has 2 aromatic rings. The summed E-state index contributed by atoms with van der Waals surface area (Å²) in [6.07, 6.45) is 4.67. The van der Waals surface area contributed by atoms with Gasteiger partial charge in [0.15, 0.2) is 0 Å². The van der Waals surface area contributed by atoms with Gasteiger partial charge in [-0.1, -0.05) is 5.21 Å². The molecule has 0 aliphatic heterocycles. The largest absolute Gasteiger partial charge is 0.370 e. The second-order valence-corrected chi connectivity index (χ2v) is 5.74. The molecule has 0 unspecified atom stereocenters. The van der Waals surface area contributed by atoms with Crippen LogP contribution in [0, 0.1) is 0 Å². The average Bonchev–Trinajstić information content (AvgIpc) is 2.92. The third kappa shape index (κ3) is 3.75. The lowest BCUT2D eigenvalue weighted by molar-refractivity contribution is 0.553. The van der Waals surface area contributed by atoms with Crippen molar-refractivity contribution in [2.45, 2.75) is 18.4 Å². The van der Waals surface area contributed by atoms with Gasteiger partial charge in [0.1, 0.15) is 5.82 Å². The standard InChI is InChI=1S/C11H16N6O2S/c1-2-12-11-9-10(3-4-13-11)20(18,19)15-6-8-17-7-5-14-16-17/h3-5,7,9,15H,2,6,8H2,1H3,(H,12,13). The number of anilines is 1. The highest BCUT2D eigenvalue weighted by Crippen LogP contribution is 2.12. The number of nitrogens with one attached hydrogen (secondary N) is 2. The molecule has 2 aromatic heterocycles. The van der Waals surface area contributed by atoms with Crippen molar-refractivity contribution in [1.82, 2.24) is 24.7 Å². The summed E-state index contributed by atoms with van der Waals surface area (Å²) in [4.78, 5) is 4.22. The Labute approximate surface area is 117 Å². The highest BCUT2D eigenvalue weighted by molar-refractivity contribution is 7.89. The fourth-order valence-electron chi connectivity index (χ4n) is 1.59. The Bertz CT molecular complexity index is 641. The van der Waals surface area contributed by atoms with Gasteiger partial charge in [-0.05, 0) is 13.0 Å². The van der Waals surface area contributed by atoms with Crippen molar-refractivity contribution in [3.63, 3.8) is 0 Å². The normalized spacial score (nSPS) is 11.4. The van der Waals surface area contributed by atoms with Crippen molar-refractivity contribution in [2.75, 3.05) is 18.4 Å². The minimum atomic E-state index is -3.55. The number of aromatic nitrogens is 4. The summed E-state index contributed by atoms with van der Waals surface area (Å²) in [5.41, 5.74) is 0. The molecule has 108 valence electrons. The van der Waals surface area contributed by atoms with E-state index >= 15 is 0 Å². The maximum atomic E-state index is 12.1. The second kappa shape index (κ2) is 6.44. The first kappa shape index (κ1) is 14.4. The Balaban J connectivity index is 2.00. The highest BCUT2D eigenvalue weighted by atomic mass is 32.2. The average molecular weight is 296 g/mol. The zero-order chi connectivity index (χ0) is 14.4. The summed E-state index contributed by atoms with van der Waals surface area (Å²) in [6, 6.07) is 2.96. The molecule has 0 saturated carbocycles. The predicted octanol–water partition coefficient (Wildman–Crippen LogP) is 0.0834.